The average molecular weight is 287 g/mol. The Hall–Kier alpha value is -2.30. The van der Waals surface area contributed by atoms with Crippen LogP contribution in [0.15, 0.2) is 24.3 Å². The minimum absolute atomic E-state index is 0.0433. The first-order chi connectivity index (χ1) is 10.1. The van der Waals surface area contributed by atoms with Crippen molar-refractivity contribution >= 4 is 5.78 Å². The molecule has 1 aromatic carbocycles. The Morgan fingerprint density at radius 2 is 1.90 bits per heavy atom. The molecule has 0 saturated heterocycles. The fraction of sp³-hybridized carbons (Fsp3) is 0.312. The number of aromatic hydroxyl groups is 2. The third-order valence-corrected chi connectivity index (χ3v) is 4.66. The van der Waals surface area contributed by atoms with Crippen LogP contribution in [0.25, 0.3) is 5.69 Å². The van der Waals surface area contributed by atoms with E-state index < -0.39 is 5.82 Å². The smallest absolute Gasteiger partial charge is 0.202 e. The molecule has 3 aliphatic rings. The molecule has 1 fully saturated rings. The van der Waals surface area contributed by atoms with Crippen LogP contribution in [0.5, 0.6) is 11.8 Å². The van der Waals surface area contributed by atoms with Crippen molar-refractivity contribution in [2.24, 2.45) is 0 Å². The van der Waals surface area contributed by atoms with Crippen molar-refractivity contribution in [2.75, 3.05) is 0 Å². The summed E-state index contributed by atoms with van der Waals surface area (Å²) in [5.74, 6) is -0.933. The zero-order valence-electron chi connectivity index (χ0n) is 11.2. The summed E-state index contributed by atoms with van der Waals surface area (Å²) in [5, 5.41) is 20.9. The number of nitrogens with zero attached hydrogens (tertiary/aromatic N) is 1. The molecule has 108 valence electrons. The second-order valence-electron chi connectivity index (χ2n) is 5.79. The number of Topliss-reactive ketones (excluding diaryl/α,β-unsaturated/α-hetero) is 1. The highest BCUT2D eigenvalue weighted by atomic mass is 19.1. The molecule has 0 unspecified atom stereocenters. The van der Waals surface area contributed by atoms with Gasteiger partial charge in [-0.3, -0.25) is 9.36 Å². The van der Waals surface area contributed by atoms with E-state index >= 15 is 0 Å². The molecule has 1 aromatic heterocycles. The quantitative estimate of drug-likeness (QED) is 0.847. The number of fused-ring (bicyclic) bond motifs is 2. The number of carbonyl (C=O) groups is 1. The number of hydrogen-bond donors (Lipinski definition) is 2. The fourth-order valence-electron chi connectivity index (χ4n) is 3.76. The molecule has 2 aromatic rings. The van der Waals surface area contributed by atoms with Gasteiger partial charge in [-0.15, -0.1) is 0 Å². The van der Waals surface area contributed by atoms with Gasteiger partial charge in [0.25, 0.3) is 0 Å². The number of hydrogen-bond acceptors (Lipinski definition) is 3. The summed E-state index contributed by atoms with van der Waals surface area (Å²) in [4.78, 5) is 12.0. The van der Waals surface area contributed by atoms with Crippen molar-refractivity contribution in [1.82, 2.24) is 4.57 Å². The molecule has 0 aliphatic heterocycles. The molecule has 0 spiro atoms. The zero-order valence-corrected chi connectivity index (χ0v) is 11.2. The van der Waals surface area contributed by atoms with Crippen molar-refractivity contribution < 1.29 is 19.4 Å². The number of carbonyl (C=O) groups excluding carboxylic acids is 1. The van der Waals surface area contributed by atoms with Gasteiger partial charge in [-0.05, 0) is 37.0 Å². The normalized spacial score (nSPS) is 23.4. The van der Waals surface area contributed by atoms with Gasteiger partial charge in [0.05, 0.1) is 5.69 Å². The topological polar surface area (TPSA) is 62.5 Å². The van der Waals surface area contributed by atoms with E-state index in [1.807, 2.05) is 0 Å². The summed E-state index contributed by atoms with van der Waals surface area (Å²) in [6.07, 6.45) is 1.96. The zero-order chi connectivity index (χ0) is 14.7. The second-order valence-corrected chi connectivity index (χ2v) is 5.79. The molecule has 5 rings (SSSR count). The third kappa shape index (κ3) is 1.57. The Kier molecular flexibility index (Phi) is 2.43. The van der Waals surface area contributed by atoms with E-state index in [4.69, 9.17) is 0 Å². The third-order valence-electron chi connectivity index (χ3n) is 4.66. The monoisotopic (exact) mass is 287 g/mol. The Morgan fingerprint density at radius 1 is 1.14 bits per heavy atom. The predicted molar refractivity (Wildman–Crippen MR) is 73.4 cm³/mol. The lowest BCUT2D eigenvalue weighted by Crippen LogP contribution is -2.28. The molecule has 1 saturated carbocycles. The SMILES string of the molecule is O=C1C[C@@H]2CC[C@H]1c1c2c(O)n(-c2cccc(F)c2)c1O. The van der Waals surface area contributed by atoms with Crippen LogP contribution in [0.1, 0.15) is 42.2 Å². The molecule has 2 N–H and O–H groups in total. The molecular weight excluding hydrogens is 273 g/mol. The van der Waals surface area contributed by atoms with E-state index in [1.165, 1.54) is 22.8 Å². The van der Waals surface area contributed by atoms with Crippen molar-refractivity contribution in [1.29, 1.82) is 0 Å². The molecule has 4 nitrogen and oxygen atoms in total. The molecule has 3 aliphatic carbocycles. The predicted octanol–water partition coefficient (Wildman–Crippen LogP) is 2.96. The number of rotatable bonds is 1. The van der Waals surface area contributed by atoms with Crippen molar-refractivity contribution in [3.63, 3.8) is 0 Å². The number of ketones is 1. The van der Waals surface area contributed by atoms with Gasteiger partial charge in [0, 0.05) is 23.5 Å². The Labute approximate surface area is 120 Å². The number of aromatic nitrogens is 1. The highest BCUT2D eigenvalue weighted by molar-refractivity contribution is 5.91. The molecule has 0 radical (unpaired) electrons. The maximum atomic E-state index is 13.4. The maximum absolute atomic E-state index is 13.4. The average Bonchev–Trinajstić information content (AvgIpc) is 2.73. The molecule has 2 atom stereocenters. The van der Waals surface area contributed by atoms with Crippen LogP contribution in [-0.2, 0) is 4.79 Å². The van der Waals surface area contributed by atoms with E-state index in [2.05, 4.69) is 0 Å². The summed E-state index contributed by atoms with van der Waals surface area (Å²) in [6.45, 7) is 0. The van der Waals surface area contributed by atoms with Crippen molar-refractivity contribution in [3.05, 3.63) is 41.2 Å². The lowest BCUT2D eigenvalue weighted by molar-refractivity contribution is -0.123. The second kappa shape index (κ2) is 4.10. The van der Waals surface area contributed by atoms with Crippen LogP contribution in [-0.4, -0.2) is 20.6 Å². The lowest BCUT2D eigenvalue weighted by atomic mass is 9.67. The molecule has 21 heavy (non-hydrogen) atoms. The van der Waals surface area contributed by atoms with Crippen LogP contribution in [0.2, 0.25) is 0 Å². The summed E-state index contributed by atoms with van der Waals surface area (Å²) in [6, 6.07) is 5.67. The van der Waals surface area contributed by atoms with Gasteiger partial charge >= 0.3 is 0 Å². The highest BCUT2D eigenvalue weighted by Gasteiger charge is 2.45. The van der Waals surface area contributed by atoms with Gasteiger partial charge < -0.3 is 10.2 Å². The van der Waals surface area contributed by atoms with E-state index in [9.17, 15) is 19.4 Å². The first kappa shape index (κ1) is 12.4. The van der Waals surface area contributed by atoms with Gasteiger partial charge in [0.2, 0.25) is 11.8 Å². The fourth-order valence-corrected chi connectivity index (χ4v) is 3.76. The lowest BCUT2D eigenvalue weighted by Gasteiger charge is -2.34. The van der Waals surface area contributed by atoms with E-state index in [-0.39, 0.29) is 29.4 Å². The summed E-state index contributed by atoms with van der Waals surface area (Å²) < 4.78 is 14.6. The largest absolute Gasteiger partial charge is 0.494 e. The van der Waals surface area contributed by atoms with E-state index in [0.717, 1.165) is 6.42 Å². The highest BCUT2D eigenvalue weighted by Crippen LogP contribution is 2.55. The molecule has 5 heteroatoms. The summed E-state index contributed by atoms with van der Waals surface area (Å²) in [7, 11) is 0. The van der Waals surface area contributed by atoms with Gasteiger partial charge in [-0.25, -0.2) is 4.39 Å². The summed E-state index contributed by atoms with van der Waals surface area (Å²) >= 11 is 0. The van der Waals surface area contributed by atoms with Crippen LogP contribution in [0, 0.1) is 5.82 Å². The van der Waals surface area contributed by atoms with E-state index in [1.54, 1.807) is 6.07 Å². The Morgan fingerprint density at radius 3 is 2.62 bits per heavy atom. The minimum atomic E-state index is -0.447. The van der Waals surface area contributed by atoms with Gasteiger partial charge in [-0.1, -0.05) is 6.07 Å². The van der Waals surface area contributed by atoms with E-state index in [0.29, 0.717) is 29.7 Å². The Balaban J connectivity index is 1.98. The number of benzene rings is 1. The first-order valence-electron chi connectivity index (χ1n) is 7.03. The van der Waals surface area contributed by atoms with Crippen LogP contribution >= 0.6 is 0 Å². The van der Waals surface area contributed by atoms with Gasteiger partial charge in [0.15, 0.2) is 0 Å². The minimum Gasteiger partial charge on any atom is -0.494 e. The van der Waals surface area contributed by atoms with Crippen molar-refractivity contribution in [2.45, 2.75) is 31.1 Å². The maximum Gasteiger partial charge on any atom is 0.202 e. The molecule has 2 bridgehead atoms. The van der Waals surface area contributed by atoms with Gasteiger partial charge in [-0.2, -0.15) is 0 Å². The van der Waals surface area contributed by atoms with Crippen LogP contribution in [0.4, 0.5) is 4.39 Å². The van der Waals surface area contributed by atoms with Crippen LogP contribution < -0.4 is 0 Å². The molecular formula is C16H14FNO3. The number of halogens is 1. The standard InChI is InChI=1S/C16H14FNO3/c17-9-2-1-3-10(7-9)18-15(20)13-8-4-5-11(12(19)6-8)14(13)16(18)21/h1-3,7-8,11,20-21H,4-6H2/t8-,11+/m0/s1. The van der Waals surface area contributed by atoms with Gasteiger partial charge in [0.1, 0.15) is 11.6 Å². The molecule has 0 amide bonds. The van der Waals surface area contributed by atoms with Crippen LogP contribution in [0.3, 0.4) is 0 Å². The molecule has 1 heterocycles. The Bertz CT molecular complexity index is 765. The summed E-state index contributed by atoms with van der Waals surface area (Å²) in [5.41, 5.74) is 1.54. The first-order valence-corrected chi connectivity index (χ1v) is 7.03. The van der Waals surface area contributed by atoms with Crippen molar-refractivity contribution in [3.8, 4) is 17.4 Å².